The standard InChI is InChI=1S/3C6H7NO3S/c7-5-1-3-6(4-2-5)11(8,9)10;7-5-2-1-3-6(4-5)11(8,9)10;7-5-3-1-2-4-6(5)11(8,9)10/h3*1-4H,7H2,(H,8,9,10). The average Bonchev–Trinajstić information content (AvgIpc) is 2.67. The topological polar surface area (TPSA) is 241 Å². The lowest BCUT2D eigenvalue weighted by Gasteiger charge is -1.98. The molecule has 180 valence electrons. The third-order valence-electron chi connectivity index (χ3n) is 3.53. The maximum atomic E-state index is 10.5. The van der Waals surface area contributed by atoms with E-state index in [1.165, 1.54) is 66.7 Å². The monoisotopic (exact) mass is 519 g/mol. The molecule has 0 atom stereocenters. The Morgan fingerprint density at radius 1 is 0.515 bits per heavy atom. The number of hydrogen-bond acceptors (Lipinski definition) is 9. The van der Waals surface area contributed by atoms with Crippen molar-refractivity contribution in [2.24, 2.45) is 0 Å². The molecule has 0 bridgehead atoms. The van der Waals surface area contributed by atoms with E-state index in [2.05, 4.69) is 0 Å². The average molecular weight is 520 g/mol. The first kappa shape index (κ1) is 27.8. The molecule has 0 aliphatic rings. The normalized spacial score (nSPS) is 11.4. The molecule has 0 aliphatic carbocycles. The summed E-state index contributed by atoms with van der Waals surface area (Å²) in [5.74, 6) is 0. The number of nitrogens with two attached hydrogens (primary N) is 3. The minimum Gasteiger partial charge on any atom is -0.399 e. The lowest BCUT2D eigenvalue weighted by Crippen LogP contribution is -2.01. The van der Waals surface area contributed by atoms with Crippen LogP contribution < -0.4 is 17.2 Å². The van der Waals surface area contributed by atoms with Gasteiger partial charge in [0.05, 0.1) is 15.5 Å². The predicted octanol–water partition coefficient (Wildman–Crippen LogP) is 1.55. The van der Waals surface area contributed by atoms with Crippen molar-refractivity contribution in [1.82, 2.24) is 0 Å². The number of rotatable bonds is 3. The van der Waals surface area contributed by atoms with Crippen LogP contribution in [0.15, 0.2) is 87.5 Å². The maximum Gasteiger partial charge on any atom is 0.296 e. The van der Waals surface area contributed by atoms with Gasteiger partial charge in [-0.1, -0.05) is 18.2 Å². The van der Waals surface area contributed by atoms with Crippen molar-refractivity contribution in [2.45, 2.75) is 14.7 Å². The molecule has 0 radical (unpaired) electrons. The second-order valence-corrected chi connectivity index (χ2v) is 10.3. The maximum absolute atomic E-state index is 10.5. The summed E-state index contributed by atoms with van der Waals surface area (Å²) in [5, 5.41) is 0. The van der Waals surface area contributed by atoms with E-state index in [9.17, 15) is 25.3 Å². The highest BCUT2D eigenvalue weighted by Gasteiger charge is 2.11. The van der Waals surface area contributed by atoms with Crippen molar-refractivity contribution >= 4 is 47.4 Å². The summed E-state index contributed by atoms with van der Waals surface area (Å²) in [5.41, 5.74) is 16.7. The van der Waals surface area contributed by atoms with Crippen LogP contribution in [0.4, 0.5) is 17.1 Å². The van der Waals surface area contributed by atoms with Gasteiger partial charge >= 0.3 is 0 Å². The van der Waals surface area contributed by atoms with Crippen LogP contribution in [0.25, 0.3) is 0 Å². The molecule has 9 N–H and O–H groups in total. The molecule has 0 unspecified atom stereocenters. The first-order chi connectivity index (χ1) is 15.0. The Balaban J connectivity index is 0.000000247. The fourth-order valence-corrected chi connectivity index (χ4v) is 3.66. The molecule has 12 nitrogen and oxygen atoms in total. The zero-order valence-corrected chi connectivity index (χ0v) is 19.1. The van der Waals surface area contributed by atoms with Gasteiger partial charge in [-0.2, -0.15) is 25.3 Å². The molecule has 0 amide bonds. The fraction of sp³-hybridized carbons (Fsp3) is 0. The quantitative estimate of drug-likeness (QED) is 0.213. The molecule has 3 aromatic carbocycles. The van der Waals surface area contributed by atoms with Crippen molar-refractivity contribution in [3.05, 3.63) is 72.8 Å². The van der Waals surface area contributed by atoms with E-state index >= 15 is 0 Å². The van der Waals surface area contributed by atoms with Crippen molar-refractivity contribution in [3.63, 3.8) is 0 Å². The van der Waals surface area contributed by atoms with Crippen LogP contribution in [-0.2, 0) is 30.4 Å². The molecule has 15 heteroatoms. The first-order valence-electron chi connectivity index (χ1n) is 8.50. The summed E-state index contributed by atoms with van der Waals surface area (Å²) >= 11 is 0. The SMILES string of the molecule is Nc1ccc(S(=O)(=O)O)cc1.Nc1cccc(S(=O)(=O)O)c1.Nc1ccccc1S(=O)(=O)O. The van der Waals surface area contributed by atoms with Crippen LogP contribution in [0.3, 0.4) is 0 Å². The number of nitrogen functional groups attached to an aromatic ring is 3. The van der Waals surface area contributed by atoms with Crippen LogP contribution >= 0.6 is 0 Å². The minimum absolute atomic E-state index is 0.0509. The Kier molecular flexibility index (Phi) is 9.34. The molecule has 0 aromatic heterocycles. The highest BCUT2D eigenvalue weighted by molar-refractivity contribution is 7.86. The van der Waals surface area contributed by atoms with E-state index in [0.29, 0.717) is 11.4 Å². The lowest BCUT2D eigenvalue weighted by atomic mass is 10.3. The van der Waals surface area contributed by atoms with Gasteiger partial charge in [0.15, 0.2) is 0 Å². The molecule has 0 saturated heterocycles. The predicted molar refractivity (Wildman–Crippen MR) is 122 cm³/mol. The van der Waals surface area contributed by atoms with Crippen molar-refractivity contribution < 1.29 is 38.9 Å². The van der Waals surface area contributed by atoms with Gasteiger partial charge in [-0.15, -0.1) is 0 Å². The molecule has 3 rings (SSSR count). The Labute approximate surface area is 190 Å². The Morgan fingerprint density at radius 2 is 1.03 bits per heavy atom. The first-order valence-corrected chi connectivity index (χ1v) is 12.8. The number of para-hydroxylation sites is 1. The third kappa shape index (κ3) is 9.85. The molecule has 3 aromatic rings. The summed E-state index contributed by atoms with van der Waals surface area (Å²) in [7, 11) is -12.3. The van der Waals surface area contributed by atoms with E-state index in [1.54, 1.807) is 6.07 Å². The van der Waals surface area contributed by atoms with Gasteiger partial charge in [0.1, 0.15) is 4.90 Å². The van der Waals surface area contributed by atoms with Gasteiger partial charge in [0.2, 0.25) is 0 Å². The molecule has 0 fully saturated rings. The third-order valence-corrected chi connectivity index (χ3v) is 6.18. The fourth-order valence-electron chi connectivity index (χ4n) is 2.03. The summed E-state index contributed by atoms with van der Waals surface area (Å²) in [6.45, 7) is 0. The molecule has 33 heavy (non-hydrogen) atoms. The summed E-state index contributed by atoms with van der Waals surface area (Å²) < 4.78 is 88.5. The van der Waals surface area contributed by atoms with E-state index < -0.39 is 30.4 Å². The molecular weight excluding hydrogens is 498 g/mol. The number of benzene rings is 3. The minimum atomic E-state index is -4.16. The van der Waals surface area contributed by atoms with Gasteiger partial charge in [0.25, 0.3) is 30.4 Å². The Hall–Kier alpha value is -3.21. The summed E-state index contributed by atoms with van der Waals surface area (Å²) in [6, 6.07) is 16.5. The van der Waals surface area contributed by atoms with Gasteiger partial charge in [-0.3, -0.25) is 13.7 Å². The van der Waals surface area contributed by atoms with E-state index in [4.69, 9.17) is 30.9 Å². The molecule has 0 heterocycles. The van der Waals surface area contributed by atoms with Crippen LogP contribution in [0.2, 0.25) is 0 Å². The van der Waals surface area contributed by atoms with Gasteiger partial charge < -0.3 is 17.2 Å². The lowest BCUT2D eigenvalue weighted by molar-refractivity contribution is 0.481. The molecule has 0 saturated carbocycles. The van der Waals surface area contributed by atoms with Crippen LogP contribution in [0, 0.1) is 0 Å². The Bertz CT molecular complexity index is 1410. The van der Waals surface area contributed by atoms with Gasteiger partial charge in [-0.25, -0.2) is 0 Å². The largest absolute Gasteiger partial charge is 0.399 e. The summed E-state index contributed by atoms with van der Waals surface area (Å²) in [6.07, 6.45) is 0. The van der Waals surface area contributed by atoms with Crippen molar-refractivity contribution in [3.8, 4) is 0 Å². The van der Waals surface area contributed by atoms with Crippen LogP contribution in [0.1, 0.15) is 0 Å². The highest BCUT2D eigenvalue weighted by atomic mass is 32.2. The highest BCUT2D eigenvalue weighted by Crippen LogP contribution is 2.16. The van der Waals surface area contributed by atoms with Crippen LogP contribution in [-0.4, -0.2) is 38.9 Å². The molecule has 0 aliphatic heterocycles. The summed E-state index contributed by atoms with van der Waals surface area (Å²) in [4.78, 5) is -0.579. The second kappa shape index (κ2) is 11.1. The van der Waals surface area contributed by atoms with Gasteiger partial charge in [0, 0.05) is 11.4 Å². The zero-order valence-electron chi connectivity index (χ0n) is 16.7. The smallest absolute Gasteiger partial charge is 0.296 e. The zero-order chi connectivity index (χ0) is 25.4. The Morgan fingerprint density at radius 3 is 1.39 bits per heavy atom. The number of anilines is 3. The van der Waals surface area contributed by atoms with Gasteiger partial charge in [-0.05, 0) is 54.6 Å². The van der Waals surface area contributed by atoms with Crippen molar-refractivity contribution in [2.75, 3.05) is 17.2 Å². The van der Waals surface area contributed by atoms with E-state index in [1.807, 2.05) is 0 Å². The van der Waals surface area contributed by atoms with Crippen molar-refractivity contribution in [1.29, 1.82) is 0 Å². The number of hydrogen-bond donors (Lipinski definition) is 6. The second-order valence-electron chi connectivity index (χ2n) is 6.10. The van der Waals surface area contributed by atoms with E-state index in [0.717, 1.165) is 0 Å². The molecular formula is C18H21N3O9S3. The van der Waals surface area contributed by atoms with Crippen LogP contribution in [0.5, 0.6) is 0 Å². The van der Waals surface area contributed by atoms with E-state index in [-0.39, 0.29) is 20.4 Å². The molecule has 0 spiro atoms.